The van der Waals surface area contributed by atoms with Gasteiger partial charge >= 0.3 is 0 Å². The van der Waals surface area contributed by atoms with Crippen LogP contribution in [0.5, 0.6) is 11.5 Å². The summed E-state index contributed by atoms with van der Waals surface area (Å²) in [5, 5.41) is 13.0. The first-order valence-electron chi connectivity index (χ1n) is 7.72. The second-order valence-electron chi connectivity index (χ2n) is 5.47. The predicted molar refractivity (Wildman–Crippen MR) is 89.6 cm³/mol. The number of aliphatic hydroxyl groups excluding tert-OH is 1. The molecule has 0 aliphatic carbocycles. The van der Waals surface area contributed by atoms with Crippen molar-refractivity contribution < 1.29 is 23.8 Å². The van der Waals surface area contributed by atoms with Crippen LogP contribution in [-0.2, 0) is 0 Å². The van der Waals surface area contributed by atoms with Gasteiger partial charge in [-0.25, -0.2) is 0 Å². The van der Waals surface area contributed by atoms with E-state index in [0.717, 1.165) is 11.3 Å². The largest absolute Gasteiger partial charge is 0.496 e. The third-order valence-corrected chi connectivity index (χ3v) is 3.80. The molecule has 0 bridgehead atoms. The van der Waals surface area contributed by atoms with Gasteiger partial charge in [0, 0.05) is 12.1 Å². The van der Waals surface area contributed by atoms with Crippen LogP contribution in [0.15, 0.2) is 28.7 Å². The summed E-state index contributed by atoms with van der Waals surface area (Å²) in [6.07, 6.45) is -0.314. The first-order valence-corrected chi connectivity index (χ1v) is 7.72. The molecule has 0 spiro atoms. The van der Waals surface area contributed by atoms with Gasteiger partial charge in [0.2, 0.25) is 0 Å². The average molecular weight is 333 g/mol. The number of ether oxygens (including phenoxy) is 2. The molecule has 6 nitrogen and oxygen atoms in total. The number of nitrogens with one attached hydrogen (secondary N) is 1. The normalized spacial score (nSPS) is 11.9. The lowest BCUT2D eigenvalue weighted by atomic mass is 10.1. The molecule has 1 aromatic carbocycles. The summed E-state index contributed by atoms with van der Waals surface area (Å²) in [4.78, 5) is 12.4. The summed E-state index contributed by atoms with van der Waals surface area (Å²) < 4.78 is 15.9. The molecule has 1 atom stereocenters. The summed E-state index contributed by atoms with van der Waals surface area (Å²) >= 11 is 0. The molecule has 130 valence electrons. The van der Waals surface area contributed by atoms with E-state index in [1.807, 2.05) is 19.9 Å². The molecule has 0 aliphatic rings. The third kappa shape index (κ3) is 3.89. The highest BCUT2D eigenvalue weighted by atomic mass is 16.5. The molecular formula is C18H23NO5. The molecule has 0 aliphatic heterocycles. The topological polar surface area (TPSA) is 80.9 Å². The molecule has 2 rings (SSSR count). The van der Waals surface area contributed by atoms with Crippen LogP contribution in [0.4, 0.5) is 0 Å². The highest BCUT2D eigenvalue weighted by molar-refractivity contribution is 5.99. The van der Waals surface area contributed by atoms with Crippen molar-refractivity contribution in [1.29, 1.82) is 0 Å². The number of furan rings is 1. The lowest BCUT2D eigenvalue weighted by Gasteiger charge is -2.14. The highest BCUT2D eigenvalue weighted by Crippen LogP contribution is 2.28. The van der Waals surface area contributed by atoms with E-state index in [2.05, 4.69) is 5.32 Å². The van der Waals surface area contributed by atoms with Crippen molar-refractivity contribution in [3.8, 4) is 11.5 Å². The molecule has 6 heteroatoms. The van der Waals surface area contributed by atoms with Crippen LogP contribution >= 0.6 is 0 Å². The quantitative estimate of drug-likeness (QED) is 0.814. The fourth-order valence-electron chi connectivity index (χ4n) is 2.62. The van der Waals surface area contributed by atoms with Crippen LogP contribution in [0.2, 0.25) is 0 Å². The summed E-state index contributed by atoms with van der Waals surface area (Å²) in [6.45, 7) is 3.95. The van der Waals surface area contributed by atoms with E-state index in [-0.39, 0.29) is 5.91 Å². The molecule has 0 saturated carbocycles. The van der Waals surface area contributed by atoms with Crippen LogP contribution in [0.1, 0.15) is 40.0 Å². The lowest BCUT2D eigenvalue weighted by molar-refractivity contribution is 0.0936. The van der Waals surface area contributed by atoms with Gasteiger partial charge in [-0.3, -0.25) is 4.79 Å². The summed E-state index contributed by atoms with van der Waals surface area (Å²) in [5.41, 5.74) is 1.09. The van der Waals surface area contributed by atoms with Crippen LogP contribution in [0.25, 0.3) is 0 Å². The number of hydrogen-bond acceptors (Lipinski definition) is 5. The van der Waals surface area contributed by atoms with Gasteiger partial charge in [0.1, 0.15) is 28.6 Å². The zero-order chi connectivity index (χ0) is 17.7. The van der Waals surface area contributed by atoms with Crippen molar-refractivity contribution in [3.63, 3.8) is 0 Å². The molecule has 0 saturated heterocycles. The zero-order valence-corrected chi connectivity index (χ0v) is 14.4. The Balaban J connectivity index is 2.00. The fraction of sp³-hybridized carbons (Fsp3) is 0.389. The van der Waals surface area contributed by atoms with Crippen molar-refractivity contribution in [1.82, 2.24) is 5.32 Å². The number of aliphatic hydroxyl groups is 1. The number of carbonyl (C=O) groups excluding carboxylic acids is 1. The smallest absolute Gasteiger partial charge is 0.258 e. The van der Waals surface area contributed by atoms with E-state index in [0.29, 0.717) is 35.8 Å². The fourth-order valence-corrected chi connectivity index (χ4v) is 2.62. The van der Waals surface area contributed by atoms with E-state index < -0.39 is 6.10 Å². The Hall–Kier alpha value is -2.47. The van der Waals surface area contributed by atoms with Gasteiger partial charge in [-0.05, 0) is 38.5 Å². The van der Waals surface area contributed by atoms with Crippen LogP contribution < -0.4 is 14.8 Å². The predicted octanol–water partition coefficient (Wildman–Crippen LogP) is 2.77. The van der Waals surface area contributed by atoms with E-state index in [9.17, 15) is 9.90 Å². The SMILES string of the molecule is COc1cccc(OC)c1C(=O)NCCC(O)c1cc(C)oc1C. The number of benzene rings is 1. The molecule has 2 N–H and O–H groups in total. The Labute approximate surface area is 141 Å². The van der Waals surface area contributed by atoms with Crippen molar-refractivity contribution in [2.45, 2.75) is 26.4 Å². The Morgan fingerprint density at radius 3 is 2.38 bits per heavy atom. The first-order chi connectivity index (χ1) is 11.5. The number of rotatable bonds is 7. The lowest BCUT2D eigenvalue weighted by Crippen LogP contribution is -2.26. The molecule has 0 fully saturated rings. The molecule has 2 aromatic rings. The Morgan fingerprint density at radius 2 is 1.88 bits per heavy atom. The van der Waals surface area contributed by atoms with E-state index in [1.165, 1.54) is 14.2 Å². The van der Waals surface area contributed by atoms with Gasteiger partial charge in [-0.15, -0.1) is 0 Å². The number of hydrogen-bond donors (Lipinski definition) is 2. The van der Waals surface area contributed by atoms with Gasteiger partial charge < -0.3 is 24.3 Å². The van der Waals surface area contributed by atoms with Gasteiger partial charge in [-0.2, -0.15) is 0 Å². The Bertz CT molecular complexity index is 685. The van der Waals surface area contributed by atoms with Crippen LogP contribution in [0.3, 0.4) is 0 Å². The minimum absolute atomic E-state index is 0.309. The number of methoxy groups -OCH3 is 2. The monoisotopic (exact) mass is 333 g/mol. The number of aryl methyl sites for hydroxylation is 2. The van der Waals surface area contributed by atoms with Crippen molar-refractivity contribution in [2.24, 2.45) is 0 Å². The van der Waals surface area contributed by atoms with Crippen LogP contribution in [0, 0.1) is 13.8 Å². The molecular weight excluding hydrogens is 310 g/mol. The molecule has 1 aromatic heterocycles. The van der Waals surface area contributed by atoms with E-state index in [1.54, 1.807) is 18.2 Å². The zero-order valence-electron chi connectivity index (χ0n) is 14.4. The maximum Gasteiger partial charge on any atom is 0.258 e. The van der Waals surface area contributed by atoms with Gasteiger partial charge in [0.05, 0.1) is 20.3 Å². The van der Waals surface area contributed by atoms with Crippen molar-refractivity contribution in [2.75, 3.05) is 20.8 Å². The van der Waals surface area contributed by atoms with Gasteiger partial charge in [0.15, 0.2) is 0 Å². The summed E-state index contributed by atoms with van der Waals surface area (Å²) in [7, 11) is 3.00. The van der Waals surface area contributed by atoms with Crippen molar-refractivity contribution >= 4 is 5.91 Å². The Morgan fingerprint density at radius 1 is 1.25 bits per heavy atom. The van der Waals surface area contributed by atoms with Gasteiger partial charge in [-0.1, -0.05) is 6.07 Å². The highest BCUT2D eigenvalue weighted by Gasteiger charge is 2.19. The first kappa shape index (κ1) is 17.9. The minimum atomic E-state index is -0.692. The summed E-state index contributed by atoms with van der Waals surface area (Å²) in [6, 6.07) is 6.96. The van der Waals surface area contributed by atoms with Crippen molar-refractivity contribution in [3.05, 3.63) is 46.9 Å². The van der Waals surface area contributed by atoms with Gasteiger partial charge in [0.25, 0.3) is 5.91 Å². The van der Waals surface area contributed by atoms with E-state index >= 15 is 0 Å². The number of amides is 1. The number of carbonyl (C=O) groups is 1. The molecule has 24 heavy (non-hydrogen) atoms. The van der Waals surface area contributed by atoms with E-state index in [4.69, 9.17) is 13.9 Å². The Kier molecular flexibility index (Phi) is 5.87. The minimum Gasteiger partial charge on any atom is -0.496 e. The second kappa shape index (κ2) is 7.88. The second-order valence-corrected chi connectivity index (χ2v) is 5.47. The molecule has 1 amide bonds. The summed E-state index contributed by atoms with van der Waals surface area (Å²) in [5.74, 6) is 2.01. The molecule has 1 unspecified atom stereocenters. The third-order valence-electron chi connectivity index (χ3n) is 3.80. The maximum atomic E-state index is 12.4. The molecule has 1 heterocycles. The molecule has 0 radical (unpaired) electrons. The standard InChI is InChI=1S/C18H23NO5/c1-11-10-13(12(2)24-11)14(20)8-9-19-18(21)17-15(22-3)6-5-7-16(17)23-4/h5-7,10,14,20H,8-9H2,1-4H3,(H,19,21). The van der Waals surface area contributed by atoms with Crippen LogP contribution in [-0.4, -0.2) is 31.8 Å². The average Bonchev–Trinajstić information content (AvgIpc) is 2.92. The maximum absolute atomic E-state index is 12.4.